The van der Waals surface area contributed by atoms with Crippen molar-refractivity contribution in [3.63, 3.8) is 0 Å². The Bertz CT molecular complexity index is 458. The molecule has 0 saturated heterocycles. The van der Waals surface area contributed by atoms with E-state index in [4.69, 9.17) is 4.74 Å². The van der Waals surface area contributed by atoms with Crippen molar-refractivity contribution in [2.75, 3.05) is 25.1 Å². The summed E-state index contributed by atoms with van der Waals surface area (Å²) < 4.78 is 5.00. The van der Waals surface area contributed by atoms with E-state index in [1.54, 1.807) is 0 Å². The molecule has 1 aromatic heterocycles. The lowest BCUT2D eigenvalue weighted by Gasteiger charge is -2.01. The van der Waals surface area contributed by atoms with E-state index in [-0.39, 0.29) is 18.4 Å². The molecule has 2 amide bonds. The van der Waals surface area contributed by atoms with Gasteiger partial charge in [-0.1, -0.05) is 11.3 Å². The molecule has 98 valence electrons. The van der Waals surface area contributed by atoms with Gasteiger partial charge in [-0.25, -0.2) is 4.98 Å². The van der Waals surface area contributed by atoms with Crippen molar-refractivity contribution in [2.24, 2.45) is 0 Å². The predicted octanol–water partition coefficient (Wildman–Crippen LogP) is 0.794. The Kier molecular flexibility index (Phi) is 4.27. The average Bonchev–Trinajstić information content (AvgIpc) is 2.67. The van der Waals surface area contributed by atoms with Crippen LogP contribution in [0.15, 0.2) is 0 Å². The molecule has 0 saturated carbocycles. The Morgan fingerprint density at radius 2 is 2.44 bits per heavy atom. The minimum Gasteiger partial charge on any atom is -0.372 e. The molecule has 1 aromatic rings. The SMILES string of the molecule is CCOCC(=O)Nc1nc2c(s1)C(=O)NCCC2. The first-order chi connectivity index (χ1) is 8.70. The maximum absolute atomic E-state index is 11.7. The van der Waals surface area contributed by atoms with Gasteiger partial charge in [0, 0.05) is 13.2 Å². The summed E-state index contributed by atoms with van der Waals surface area (Å²) in [6.07, 6.45) is 1.63. The largest absolute Gasteiger partial charge is 0.372 e. The molecule has 0 bridgehead atoms. The van der Waals surface area contributed by atoms with E-state index >= 15 is 0 Å². The number of fused-ring (bicyclic) bond motifs is 1. The number of ether oxygens (including phenoxy) is 1. The number of nitrogens with zero attached hydrogens (tertiary/aromatic N) is 1. The smallest absolute Gasteiger partial charge is 0.263 e. The van der Waals surface area contributed by atoms with Crippen LogP contribution >= 0.6 is 11.3 Å². The molecule has 1 aliphatic rings. The second-order valence-electron chi connectivity index (χ2n) is 3.84. The van der Waals surface area contributed by atoms with Crippen LogP contribution in [0.2, 0.25) is 0 Å². The van der Waals surface area contributed by atoms with E-state index in [1.165, 1.54) is 11.3 Å². The molecule has 18 heavy (non-hydrogen) atoms. The number of carbonyl (C=O) groups excluding carboxylic acids is 2. The minimum atomic E-state index is -0.249. The van der Waals surface area contributed by atoms with Crippen LogP contribution < -0.4 is 10.6 Å². The topological polar surface area (TPSA) is 80.3 Å². The summed E-state index contributed by atoms with van der Waals surface area (Å²) >= 11 is 1.21. The summed E-state index contributed by atoms with van der Waals surface area (Å²) in [6.45, 7) is 2.99. The molecular weight excluding hydrogens is 254 g/mol. The number of aromatic nitrogens is 1. The standard InChI is InChI=1S/C11H15N3O3S/c1-2-17-6-8(15)14-11-13-7-4-3-5-12-10(16)9(7)18-11/h2-6H2,1H3,(H,12,16)(H,13,14,15). The lowest BCUT2D eigenvalue weighted by Crippen LogP contribution is -2.21. The molecule has 2 rings (SSSR count). The van der Waals surface area contributed by atoms with Gasteiger partial charge in [-0.15, -0.1) is 0 Å². The fraction of sp³-hybridized carbons (Fsp3) is 0.545. The fourth-order valence-corrected chi connectivity index (χ4v) is 2.58. The molecule has 0 fully saturated rings. The van der Waals surface area contributed by atoms with Crippen LogP contribution in [0.3, 0.4) is 0 Å². The van der Waals surface area contributed by atoms with Crippen molar-refractivity contribution in [3.05, 3.63) is 10.6 Å². The van der Waals surface area contributed by atoms with Crippen LogP contribution in [0.5, 0.6) is 0 Å². The second-order valence-corrected chi connectivity index (χ2v) is 4.84. The third kappa shape index (κ3) is 3.05. The van der Waals surface area contributed by atoms with E-state index in [0.717, 1.165) is 18.5 Å². The van der Waals surface area contributed by atoms with E-state index in [2.05, 4.69) is 15.6 Å². The molecule has 2 N–H and O–H groups in total. The van der Waals surface area contributed by atoms with Crippen molar-refractivity contribution in [1.82, 2.24) is 10.3 Å². The van der Waals surface area contributed by atoms with E-state index < -0.39 is 0 Å². The van der Waals surface area contributed by atoms with E-state index in [0.29, 0.717) is 23.2 Å². The molecule has 0 atom stereocenters. The third-order valence-corrected chi connectivity index (χ3v) is 3.47. The number of carbonyl (C=O) groups is 2. The maximum Gasteiger partial charge on any atom is 0.263 e. The van der Waals surface area contributed by atoms with Gasteiger partial charge in [0.2, 0.25) is 0 Å². The summed E-state index contributed by atoms with van der Waals surface area (Å²) in [7, 11) is 0. The van der Waals surface area contributed by atoms with Crippen LogP contribution in [0.4, 0.5) is 5.13 Å². The van der Waals surface area contributed by atoms with Gasteiger partial charge < -0.3 is 10.1 Å². The van der Waals surface area contributed by atoms with E-state index in [9.17, 15) is 9.59 Å². The lowest BCUT2D eigenvalue weighted by atomic mass is 10.2. The molecule has 0 aliphatic carbocycles. The van der Waals surface area contributed by atoms with Crippen LogP contribution in [0.25, 0.3) is 0 Å². The van der Waals surface area contributed by atoms with Crippen molar-refractivity contribution in [2.45, 2.75) is 19.8 Å². The molecule has 2 heterocycles. The zero-order valence-electron chi connectivity index (χ0n) is 10.1. The van der Waals surface area contributed by atoms with Crippen molar-refractivity contribution in [3.8, 4) is 0 Å². The number of rotatable bonds is 4. The zero-order valence-corrected chi connectivity index (χ0v) is 10.9. The summed E-state index contributed by atoms with van der Waals surface area (Å²) in [5.41, 5.74) is 0.765. The Hall–Kier alpha value is -1.47. The van der Waals surface area contributed by atoms with Gasteiger partial charge in [0.15, 0.2) is 5.13 Å². The fourth-order valence-electron chi connectivity index (χ4n) is 1.64. The molecule has 1 aliphatic heterocycles. The second kappa shape index (κ2) is 5.92. The first-order valence-electron chi connectivity index (χ1n) is 5.86. The predicted molar refractivity (Wildman–Crippen MR) is 67.9 cm³/mol. The maximum atomic E-state index is 11.7. The number of anilines is 1. The normalized spacial score (nSPS) is 14.6. The van der Waals surface area contributed by atoms with Gasteiger partial charge in [0.25, 0.3) is 11.8 Å². The van der Waals surface area contributed by atoms with Crippen molar-refractivity contribution < 1.29 is 14.3 Å². The van der Waals surface area contributed by atoms with Crippen LogP contribution in [-0.2, 0) is 16.0 Å². The number of amides is 2. The summed E-state index contributed by atoms with van der Waals surface area (Å²) in [6, 6.07) is 0. The van der Waals surface area contributed by atoms with Crippen molar-refractivity contribution in [1.29, 1.82) is 0 Å². The van der Waals surface area contributed by atoms with Crippen molar-refractivity contribution >= 4 is 28.3 Å². The first-order valence-corrected chi connectivity index (χ1v) is 6.68. The number of hydrogen-bond donors (Lipinski definition) is 2. The molecule has 0 aromatic carbocycles. The summed E-state index contributed by atoms with van der Waals surface area (Å²) in [5, 5.41) is 5.89. The minimum absolute atomic E-state index is 0.00689. The Morgan fingerprint density at radius 1 is 1.61 bits per heavy atom. The summed E-state index contributed by atoms with van der Waals surface area (Å²) in [4.78, 5) is 28.0. The van der Waals surface area contributed by atoms with Gasteiger partial charge >= 0.3 is 0 Å². The molecule has 7 heteroatoms. The Labute approximate surface area is 109 Å². The number of aryl methyl sites for hydroxylation is 1. The van der Waals surface area contributed by atoms with Gasteiger partial charge in [-0.3, -0.25) is 14.9 Å². The monoisotopic (exact) mass is 269 g/mol. The number of nitrogens with one attached hydrogen (secondary N) is 2. The van der Waals surface area contributed by atoms with E-state index in [1.807, 2.05) is 6.92 Å². The molecule has 0 spiro atoms. The van der Waals surface area contributed by atoms with Crippen LogP contribution in [0.1, 0.15) is 28.7 Å². The highest BCUT2D eigenvalue weighted by Gasteiger charge is 2.21. The van der Waals surface area contributed by atoms with Gasteiger partial charge in [-0.2, -0.15) is 0 Å². The van der Waals surface area contributed by atoms with Gasteiger partial charge in [0.05, 0.1) is 5.69 Å². The van der Waals surface area contributed by atoms with Gasteiger partial charge in [0.1, 0.15) is 11.5 Å². The number of thiazole rings is 1. The zero-order chi connectivity index (χ0) is 13.0. The summed E-state index contributed by atoms with van der Waals surface area (Å²) in [5.74, 6) is -0.355. The van der Waals surface area contributed by atoms with Gasteiger partial charge in [-0.05, 0) is 19.8 Å². The first kappa shape index (κ1) is 13.0. The molecule has 0 radical (unpaired) electrons. The highest BCUT2D eigenvalue weighted by molar-refractivity contribution is 7.17. The Morgan fingerprint density at radius 3 is 3.22 bits per heavy atom. The Balaban J connectivity index is 2.05. The molecular formula is C11H15N3O3S. The highest BCUT2D eigenvalue weighted by atomic mass is 32.1. The lowest BCUT2D eigenvalue weighted by molar-refractivity contribution is -0.120. The van der Waals surface area contributed by atoms with Crippen LogP contribution in [-0.4, -0.2) is 36.6 Å². The quantitative estimate of drug-likeness (QED) is 0.847. The third-order valence-electron chi connectivity index (χ3n) is 2.46. The highest BCUT2D eigenvalue weighted by Crippen LogP contribution is 2.25. The average molecular weight is 269 g/mol. The molecule has 6 nitrogen and oxygen atoms in total. The molecule has 0 unspecified atom stereocenters. The van der Waals surface area contributed by atoms with Crippen LogP contribution in [0, 0.1) is 0 Å². The number of hydrogen-bond acceptors (Lipinski definition) is 5.